The molecule has 0 heterocycles. The maximum atomic E-state index is 9.40. The second-order valence-corrected chi connectivity index (χ2v) is 6.07. The third kappa shape index (κ3) is 1.53. The Kier molecular flexibility index (Phi) is 2.52. The van der Waals surface area contributed by atoms with Crippen molar-refractivity contribution in [3.05, 3.63) is 42.0 Å². The van der Waals surface area contributed by atoms with E-state index >= 15 is 0 Å². The number of rotatable bonds is 2. The maximum Gasteiger partial charge on any atom is 0.109 e. The minimum absolute atomic E-state index is 0.150. The van der Waals surface area contributed by atoms with Crippen LogP contribution >= 0.6 is 11.8 Å². The van der Waals surface area contributed by atoms with Crippen molar-refractivity contribution in [1.82, 2.24) is 0 Å². The number of thioether (sulfide) groups is 1. The summed E-state index contributed by atoms with van der Waals surface area (Å²) < 4.78 is -0.150. The van der Waals surface area contributed by atoms with Crippen molar-refractivity contribution in [1.29, 1.82) is 5.26 Å². The summed E-state index contributed by atoms with van der Waals surface area (Å²) in [7, 11) is 0. The van der Waals surface area contributed by atoms with Crippen LogP contribution in [-0.4, -0.2) is 11.0 Å². The zero-order valence-electron chi connectivity index (χ0n) is 9.89. The van der Waals surface area contributed by atoms with E-state index in [1.165, 1.54) is 17.6 Å². The minimum Gasteiger partial charge on any atom is -0.197 e. The molecule has 0 amide bonds. The number of nitriles is 1. The van der Waals surface area contributed by atoms with Gasteiger partial charge in [0.25, 0.3) is 0 Å². The highest BCUT2D eigenvalue weighted by Crippen LogP contribution is 2.57. The molecule has 1 aromatic rings. The van der Waals surface area contributed by atoms with E-state index < -0.39 is 0 Å². The Labute approximate surface area is 107 Å². The van der Waals surface area contributed by atoms with Gasteiger partial charge < -0.3 is 0 Å². The molecule has 2 heteroatoms. The van der Waals surface area contributed by atoms with Crippen LogP contribution in [0.5, 0.6) is 0 Å². The summed E-state index contributed by atoms with van der Waals surface area (Å²) in [5.41, 5.74) is 2.81. The molecule has 0 unspecified atom stereocenters. The Bertz CT molecular complexity index is 499. The van der Waals surface area contributed by atoms with Gasteiger partial charge in [0.05, 0.1) is 6.07 Å². The number of hydrogen-bond donors (Lipinski definition) is 0. The highest BCUT2D eigenvalue weighted by Gasteiger charge is 2.51. The molecule has 17 heavy (non-hydrogen) atoms. The van der Waals surface area contributed by atoms with Gasteiger partial charge >= 0.3 is 0 Å². The Balaban J connectivity index is 1.96. The van der Waals surface area contributed by atoms with E-state index in [-0.39, 0.29) is 4.75 Å². The molecule has 3 rings (SSSR count). The smallest absolute Gasteiger partial charge is 0.109 e. The van der Waals surface area contributed by atoms with Crippen molar-refractivity contribution < 1.29 is 0 Å². The molecule has 2 aliphatic carbocycles. The van der Waals surface area contributed by atoms with Crippen molar-refractivity contribution in [2.75, 3.05) is 6.26 Å². The van der Waals surface area contributed by atoms with Crippen LogP contribution in [0.15, 0.2) is 36.4 Å². The normalized spacial score (nSPS) is 34.5. The summed E-state index contributed by atoms with van der Waals surface area (Å²) >= 11 is 1.73. The lowest BCUT2D eigenvalue weighted by atomic mass is 9.86. The first kappa shape index (κ1) is 10.9. The van der Waals surface area contributed by atoms with E-state index in [1.807, 2.05) is 0 Å². The van der Waals surface area contributed by atoms with E-state index in [2.05, 4.69) is 48.7 Å². The SMILES string of the molecule is CS[C@@]1(C#N)C[C@@H]2C[C@H]1C=C2c1ccccc1. The predicted octanol–water partition coefficient (Wildman–Crippen LogP) is 3.74. The lowest BCUT2D eigenvalue weighted by Gasteiger charge is -2.28. The third-order valence-electron chi connectivity index (χ3n) is 4.17. The fourth-order valence-corrected chi connectivity index (χ4v) is 4.19. The van der Waals surface area contributed by atoms with Crippen LogP contribution in [0.2, 0.25) is 0 Å². The van der Waals surface area contributed by atoms with Crippen LogP contribution in [0.1, 0.15) is 18.4 Å². The monoisotopic (exact) mass is 241 g/mol. The Morgan fingerprint density at radius 3 is 2.65 bits per heavy atom. The number of hydrogen-bond acceptors (Lipinski definition) is 2. The van der Waals surface area contributed by atoms with Crippen LogP contribution in [0.25, 0.3) is 5.57 Å². The predicted molar refractivity (Wildman–Crippen MR) is 72.5 cm³/mol. The van der Waals surface area contributed by atoms with E-state index in [1.54, 1.807) is 11.8 Å². The van der Waals surface area contributed by atoms with Crippen LogP contribution in [0.4, 0.5) is 0 Å². The fourth-order valence-electron chi connectivity index (χ4n) is 3.26. The Morgan fingerprint density at radius 1 is 1.35 bits per heavy atom. The number of nitrogens with zero attached hydrogens (tertiary/aromatic N) is 1. The highest BCUT2D eigenvalue weighted by molar-refractivity contribution is 8.00. The quantitative estimate of drug-likeness (QED) is 0.787. The minimum atomic E-state index is -0.150. The van der Waals surface area contributed by atoms with E-state index in [0.29, 0.717) is 11.8 Å². The zero-order valence-corrected chi connectivity index (χ0v) is 10.7. The van der Waals surface area contributed by atoms with Gasteiger partial charge in [0.15, 0.2) is 0 Å². The molecule has 2 aliphatic rings. The van der Waals surface area contributed by atoms with Gasteiger partial charge in [-0.05, 0) is 36.2 Å². The molecule has 1 nitrogen and oxygen atoms in total. The Morgan fingerprint density at radius 2 is 2.12 bits per heavy atom. The maximum absolute atomic E-state index is 9.40. The molecule has 0 aliphatic heterocycles. The summed E-state index contributed by atoms with van der Waals surface area (Å²) in [5.74, 6) is 1.04. The topological polar surface area (TPSA) is 23.8 Å². The van der Waals surface area contributed by atoms with Gasteiger partial charge in [0, 0.05) is 5.92 Å². The summed E-state index contributed by atoms with van der Waals surface area (Å²) in [6.45, 7) is 0. The van der Waals surface area contributed by atoms with E-state index in [4.69, 9.17) is 0 Å². The first-order valence-electron chi connectivity index (χ1n) is 6.02. The average molecular weight is 241 g/mol. The first-order chi connectivity index (χ1) is 8.29. The zero-order chi connectivity index (χ0) is 11.9. The summed E-state index contributed by atoms with van der Waals surface area (Å²) in [6, 6.07) is 13.1. The molecular weight excluding hydrogens is 226 g/mol. The van der Waals surface area contributed by atoms with Crippen molar-refractivity contribution in [3.63, 3.8) is 0 Å². The van der Waals surface area contributed by atoms with Crippen molar-refractivity contribution >= 4 is 17.3 Å². The van der Waals surface area contributed by atoms with Gasteiger partial charge in [0.1, 0.15) is 4.75 Å². The molecule has 2 bridgehead atoms. The average Bonchev–Trinajstić information content (AvgIpc) is 2.97. The lowest BCUT2D eigenvalue weighted by molar-refractivity contribution is 0.618. The summed E-state index contributed by atoms with van der Waals surface area (Å²) in [5, 5.41) is 9.40. The molecule has 0 spiro atoms. The van der Waals surface area contributed by atoms with Crippen molar-refractivity contribution in [2.24, 2.45) is 11.8 Å². The van der Waals surface area contributed by atoms with Gasteiger partial charge in [-0.15, -0.1) is 11.8 Å². The van der Waals surface area contributed by atoms with Gasteiger partial charge in [-0.25, -0.2) is 0 Å². The molecule has 3 atom stereocenters. The molecule has 1 saturated carbocycles. The van der Waals surface area contributed by atoms with Crippen molar-refractivity contribution in [2.45, 2.75) is 17.6 Å². The van der Waals surface area contributed by atoms with Gasteiger partial charge in [-0.2, -0.15) is 5.26 Å². The standard InChI is InChI=1S/C15H15NS/c1-17-15(10-16)9-12-7-13(15)8-14(12)11-5-3-2-4-6-11/h2-6,8,12-13H,7,9H2,1H3/t12-,13-,15+/m0/s1. The Hall–Kier alpha value is -1.20. The number of allylic oxidation sites excluding steroid dienone is 2. The van der Waals surface area contributed by atoms with E-state index in [9.17, 15) is 5.26 Å². The van der Waals surface area contributed by atoms with E-state index in [0.717, 1.165) is 6.42 Å². The molecule has 86 valence electrons. The van der Waals surface area contributed by atoms with Crippen LogP contribution in [0.3, 0.4) is 0 Å². The number of fused-ring (bicyclic) bond motifs is 2. The van der Waals surface area contributed by atoms with Crippen LogP contribution in [-0.2, 0) is 0 Å². The van der Waals surface area contributed by atoms with Crippen molar-refractivity contribution in [3.8, 4) is 6.07 Å². The molecule has 0 radical (unpaired) electrons. The first-order valence-corrected chi connectivity index (χ1v) is 7.25. The summed E-state index contributed by atoms with van der Waals surface area (Å²) in [4.78, 5) is 0. The summed E-state index contributed by atoms with van der Waals surface area (Å²) in [6.07, 6.45) is 6.61. The molecule has 0 N–H and O–H groups in total. The fraction of sp³-hybridized carbons (Fsp3) is 0.400. The molecule has 1 fully saturated rings. The second-order valence-electron chi connectivity index (χ2n) is 4.94. The van der Waals surface area contributed by atoms with Gasteiger partial charge in [-0.3, -0.25) is 0 Å². The van der Waals surface area contributed by atoms with Gasteiger partial charge in [-0.1, -0.05) is 36.4 Å². The third-order valence-corrected chi connectivity index (χ3v) is 5.46. The molecule has 1 aromatic carbocycles. The molecular formula is C15H15NS. The molecule has 0 saturated heterocycles. The van der Waals surface area contributed by atoms with Gasteiger partial charge in [0.2, 0.25) is 0 Å². The van der Waals surface area contributed by atoms with Crippen LogP contribution in [0, 0.1) is 23.2 Å². The second kappa shape index (κ2) is 3.92. The highest BCUT2D eigenvalue weighted by atomic mass is 32.2. The molecule has 0 aromatic heterocycles. The lowest BCUT2D eigenvalue weighted by Crippen LogP contribution is -2.27. The number of benzene rings is 1. The largest absolute Gasteiger partial charge is 0.197 e. The van der Waals surface area contributed by atoms with Crippen LogP contribution < -0.4 is 0 Å².